The van der Waals surface area contributed by atoms with Crippen molar-refractivity contribution in [3.05, 3.63) is 24.3 Å². The van der Waals surface area contributed by atoms with Crippen LogP contribution in [-0.2, 0) is 0 Å². The van der Waals surface area contributed by atoms with Gasteiger partial charge in [0.2, 0.25) is 0 Å². The number of para-hydroxylation sites is 2. The third-order valence-corrected chi connectivity index (χ3v) is 10.2. The fourth-order valence-corrected chi connectivity index (χ4v) is 8.72. The average Bonchev–Trinajstić information content (AvgIpc) is 3.16. The van der Waals surface area contributed by atoms with Crippen LogP contribution in [0.1, 0.15) is 79.1 Å². The number of nitrogens with one attached hydrogen (secondary N) is 1. The first-order valence-electron chi connectivity index (χ1n) is 10.8. The minimum atomic E-state index is -0.562. The molecule has 3 nitrogen and oxygen atoms in total. The molecule has 156 valence electrons. The molecule has 27 heavy (non-hydrogen) atoms. The maximum absolute atomic E-state index is 3.88. The molecule has 0 fully saturated rings. The second-order valence-corrected chi connectivity index (χ2v) is 11.9. The van der Waals surface area contributed by atoms with E-state index in [1.165, 1.54) is 51.4 Å². The molecule has 0 aliphatic rings. The summed E-state index contributed by atoms with van der Waals surface area (Å²) in [5.41, 5.74) is 1.83. The van der Waals surface area contributed by atoms with Gasteiger partial charge >= 0.3 is 0 Å². The van der Waals surface area contributed by atoms with E-state index in [1.807, 2.05) is 24.3 Å². The lowest BCUT2D eigenvalue weighted by atomic mass is 10.3. The van der Waals surface area contributed by atoms with Crippen LogP contribution in [0.5, 0.6) is 0 Å². The Hall–Kier alpha value is -0.520. The Morgan fingerprint density at radius 2 is 1.00 bits per heavy atom. The molecule has 0 spiro atoms. The van der Waals surface area contributed by atoms with Gasteiger partial charge in [0.15, 0.2) is 0 Å². The van der Waals surface area contributed by atoms with Crippen molar-refractivity contribution in [2.45, 2.75) is 79.1 Å². The Labute approximate surface area is 171 Å². The molecule has 0 radical (unpaired) electrons. The van der Waals surface area contributed by atoms with Crippen LogP contribution in [0, 0.1) is 0 Å². The Morgan fingerprint density at radius 3 is 1.30 bits per heavy atom. The van der Waals surface area contributed by atoms with Crippen LogP contribution in [0.15, 0.2) is 24.3 Å². The molecule has 0 aliphatic carbocycles. The summed E-state index contributed by atoms with van der Waals surface area (Å²) in [6, 6.07) is 7.70. The normalized spacial score (nSPS) is 11.0. The number of benzene rings is 1. The molecule has 0 saturated heterocycles. The standard InChI is InChI=1S/C16H36P.C6H5N3.H3P/c1-5-9-13-17(14-10-6-2,15-11-7-3)16-12-8-4;1-2-4-6-5(3-1)7-9-8-6;/h5-16H2,1-4H3;1-4H,(H,7,8,9);1H3/q+1;;. The highest BCUT2D eigenvalue weighted by atomic mass is 31.2. The molecule has 1 N–H and O–H groups in total. The lowest BCUT2D eigenvalue weighted by Gasteiger charge is -2.28. The highest BCUT2D eigenvalue weighted by Gasteiger charge is 2.34. The van der Waals surface area contributed by atoms with Gasteiger partial charge in [0.25, 0.3) is 0 Å². The van der Waals surface area contributed by atoms with Crippen molar-refractivity contribution >= 4 is 28.2 Å². The molecule has 2 rings (SSSR count). The van der Waals surface area contributed by atoms with Gasteiger partial charge in [-0.3, -0.25) is 0 Å². The lowest BCUT2D eigenvalue weighted by Crippen LogP contribution is -2.12. The van der Waals surface area contributed by atoms with Crippen molar-refractivity contribution in [2.24, 2.45) is 0 Å². The zero-order valence-corrected chi connectivity index (χ0v) is 20.7. The van der Waals surface area contributed by atoms with Crippen LogP contribution in [0.3, 0.4) is 0 Å². The van der Waals surface area contributed by atoms with Gasteiger partial charge in [0.1, 0.15) is 11.0 Å². The summed E-state index contributed by atoms with van der Waals surface area (Å²) in [5.74, 6) is 0. The van der Waals surface area contributed by atoms with Crippen molar-refractivity contribution < 1.29 is 0 Å². The van der Waals surface area contributed by atoms with E-state index >= 15 is 0 Å². The summed E-state index contributed by atoms with van der Waals surface area (Å²) in [6.45, 7) is 9.42. The van der Waals surface area contributed by atoms with Gasteiger partial charge in [-0.2, -0.15) is 25.3 Å². The van der Waals surface area contributed by atoms with Crippen molar-refractivity contribution in [1.29, 1.82) is 0 Å². The highest BCUT2D eigenvalue weighted by molar-refractivity contribution is 7.75. The molecule has 2 aromatic rings. The van der Waals surface area contributed by atoms with Gasteiger partial charge in [0.05, 0.1) is 24.6 Å². The number of fused-ring (bicyclic) bond motifs is 1. The highest BCUT2D eigenvalue weighted by Crippen LogP contribution is 2.61. The van der Waals surface area contributed by atoms with Crippen LogP contribution in [0.4, 0.5) is 0 Å². The number of unbranched alkanes of at least 4 members (excludes halogenated alkanes) is 4. The second kappa shape index (κ2) is 16.4. The van der Waals surface area contributed by atoms with Gasteiger partial charge in [-0.05, 0) is 37.8 Å². The van der Waals surface area contributed by atoms with Gasteiger partial charge in [-0.1, -0.05) is 65.5 Å². The SMILES string of the molecule is CCCC[P+](CCCC)(CCCC)CCCC.P.c1ccc2n[nH]nc2c1. The summed E-state index contributed by atoms with van der Waals surface area (Å²) in [5, 5.41) is 10.3. The first kappa shape index (κ1) is 26.5. The van der Waals surface area contributed by atoms with E-state index in [4.69, 9.17) is 0 Å². The number of hydrogen-bond acceptors (Lipinski definition) is 2. The smallest absolute Gasteiger partial charge is 0.112 e. The predicted octanol–water partition coefficient (Wildman–Crippen LogP) is 7.22. The molecule has 0 bridgehead atoms. The largest absolute Gasteiger partial charge is 0.197 e. The predicted molar refractivity (Wildman–Crippen MR) is 131 cm³/mol. The summed E-state index contributed by atoms with van der Waals surface area (Å²) in [6.07, 6.45) is 17.9. The minimum Gasteiger partial charge on any atom is -0.197 e. The molecular weight excluding hydrogens is 368 g/mol. The lowest BCUT2D eigenvalue weighted by molar-refractivity contribution is 0.814. The van der Waals surface area contributed by atoms with Crippen molar-refractivity contribution in [3.8, 4) is 0 Å². The van der Waals surface area contributed by atoms with Crippen molar-refractivity contribution in [3.63, 3.8) is 0 Å². The zero-order chi connectivity index (χ0) is 19.1. The molecule has 1 aromatic carbocycles. The summed E-state index contributed by atoms with van der Waals surface area (Å²) >= 11 is 0. The Morgan fingerprint density at radius 1 is 0.667 bits per heavy atom. The number of nitrogens with zero attached hydrogens (tertiary/aromatic N) is 2. The van der Waals surface area contributed by atoms with Crippen LogP contribution < -0.4 is 0 Å². The Kier molecular flexibility index (Phi) is 16.1. The molecule has 1 unspecified atom stereocenters. The van der Waals surface area contributed by atoms with Crippen LogP contribution in [0.2, 0.25) is 0 Å². The maximum Gasteiger partial charge on any atom is 0.112 e. The molecule has 5 heteroatoms. The summed E-state index contributed by atoms with van der Waals surface area (Å²) < 4.78 is 0. The molecule has 1 atom stereocenters. The molecule has 0 saturated carbocycles. The van der Waals surface area contributed by atoms with Crippen LogP contribution in [0.25, 0.3) is 11.0 Å². The van der Waals surface area contributed by atoms with Gasteiger partial charge in [-0.15, -0.1) is 0 Å². The topological polar surface area (TPSA) is 41.6 Å². The second-order valence-electron chi connectivity index (χ2n) is 7.46. The monoisotopic (exact) mass is 412 g/mol. The van der Waals surface area contributed by atoms with Crippen LogP contribution >= 0.6 is 17.2 Å². The van der Waals surface area contributed by atoms with Gasteiger partial charge < -0.3 is 0 Å². The average molecular weight is 413 g/mol. The fourth-order valence-electron chi connectivity index (χ4n) is 3.43. The number of hydrogen-bond donors (Lipinski definition) is 1. The van der Waals surface area contributed by atoms with E-state index in [-0.39, 0.29) is 9.90 Å². The molecular formula is C22H44N3P2+. The zero-order valence-electron chi connectivity index (χ0n) is 18.3. The summed E-state index contributed by atoms with van der Waals surface area (Å²) in [7, 11) is -0.562. The number of H-pyrrole nitrogens is 1. The quantitative estimate of drug-likeness (QED) is 0.374. The van der Waals surface area contributed by atoms with Gasteiger partial charge in [0, 0.05) is 7.26 Å². The van der Waals surface area contributed by atoms with E-state index in [0.29, 0.717) is 0 Å². The number of rotatable bonds is 12. The number of aromatic nitrogens is 3. The Bertz CT molecular complexity index is 504. The first-order valence-corrected chi connectivity index (χ1v) is 13.3. The van der Waals surface area contributed by atoms with Crippen molar-refractivity contribution in [1.82, 2.24) is 15.4 Å². The van der Waals surface area contributed by atoms with E-state index in [0.717, 1.165) is 11.0 Å². The first-order chi connectivity index (χ1) is 12.7. The number of aromatic amines is 1. The molecule has 1 heterocycles. The van der Waals surface area contributed by atoms with E-state index in [9.17, 15) is 0 Å². The third kappa shape index (κ3) is 10.6. The minimum absolute atomic E-state index is 0. The molecule has 1 aromatic heterocycles. The van der Waals surface area contributed by atoms with E-state index < -0.39 is 7.26 Å². The van der Waals surface area contributed by atoms with Crippen molar-refractivity contribution in [2.75, 3.05) is 24.6 Å². The molecule has 0 amide bonds. The van der Waals surface area contributed by atoms with Gasteiger partial charge in [-0.25, -0.2) is 0 Å². The summed E-state index contributed by atoms with van der Waals surface area (Å²) in [4.78, 5) is 0. The van der Waals surface area contributed by atoms with E-state index in [2.05, 4.69) is 43.1 Å². The maximum atomic E-state index is 3.88. The van der Waals surface area contributed by atoms with Crippen LogP contribution in [-0.4, -0.2) is 40.1 Å². The molecule has 0 aliphatic heterocycles. The Balaban J connectivity index is 0.000000560. The fraction of sp³-hybridized carbons (Fsp3) is 0.727. The van der Waals surface area contributed by atoms with E-state index in [1.54, 1.807) is 24.6 Å². The third-order valence-electron chi connectivity index (χ3n) is 5.17.